The van der Waals surface area contributed by atoms with Crippen LogP contribution in [0.25, 0.3) is 0 Å². The van der Waals surface area contributed by atoms with Crippen LogP contribution in [0, 0.1) is 6.92 Å². The summed E-state index contributed by atoms with van der Waals surface area (Å²) in [5.74, 6) is 1.07. The fourth-order valence-electron chi connectivity index (χ4n) is 4.00. The first-order valence-electron chi connectivity index (χ1n) is 10.1. The summed E-state index contributed by atoms with van der Waals surface area (Å²) in [6.07, 6.45) is 6.76. The van der Waals surface area contributed by atoms with Crippen LogP contribution < -0.4 is 4.90 Å². The summed E-state index contributed by atoms with van der Waals surface area (Å²) in [6, 6.07) is 4.39. The van der Waals surface area contributed by atoms with E-state index in [0.717, 1.165) is 56.0 Å². The van der Waals surface area contributed by atoms with E-state index in [1.54, 1.807) is 0 Å². The molecule has 0 aliphatic carbocycles. The van der Waals surface area contributed by atoms with Gasteiger partial charge >= 0.3 is 6.09 Å². The van der Waals surface area contributed by atoms with Gasteiger partial charge in [-0.3, -0.25) is 0 Å². The number of anilines is 1. The van der Waals surface area contributed by atoms with Crippen molar-refractivity contribution in [3.8, 4) is 0 Å². The summed E-state index contributed by atoms with van der Waals surface area (Å²) < 4.78 is 5.65. The van der Waals surface area contributed by atoms with Crippen LogP contribution in [-0.2, 0) is 4.74 Å². The average molecular weight is 360 g/mol. The van der Waals surface area contributed by atoms with Crippen molar-refractivity contribution in [1.29, 1.82) is 0 Å². The second kappa shape index (κ2) is 7.85. The molecular weight excluding hydrogens is 326 g/mol. The molecule has 26 heavy (non-hydrogen) atoms. The largest absolute Gasteiger partial charge is 0.444 e. The van der Waals surface area contributed by atoms with Crippen molar-refractivity contribution in [2.24, 2.45) is 0 Å². The highest BCUT2D eigenvalue weighted by molar-refractivity contribution is 5.69. The molecule has 0 aromatic carbocycles. The zero-order valence-corrected chi connectivity index (χ0v) is 16.8. The minimum absolute atomic E-state index is 0.0708. The van der Waals surface area contributed by atoms with Gasteiger partial charge in [0.2, 0.25) is 0 Å². The van der Waals surface area contributed by atoms with Crippen molar-refractivity contribution in [3.05, 3.63) is 23.4 Å². The Morgan fingerprint density at radius 2 is 1.77 bits per heavy atom. The van der Waals surface area contributed by atoms with E-state index in [4.69, 9.17) is 9.72 Å². The molecule has 1 aromatic rings. The van der Waals surface area contributed by atoms with E-state index in [1.165, 1.54) is 19.3 Å². The molecule has 1 atom stereocenters. The molecule has 1 unspecified atom stereocenters. The number of carbonyl (C=O) groups is 1. The Labute approximate surface area is 157 Å². The van der Waals surface area contributed by atoms with E-state index in [1.807, 2.05) is 25.7 Å². The van der Waals surface area contributed by atoms with Crippen LogP contribution in [0.15, 0.2) is 12.1 Å². The molecule has 1 amide bonds. The first-order valence-corrected chi connectivity index (χ1v) is 10.1. The third kappa shape index (κ3) is 4.49. The topological polar surface area (TPSA) is 45.7 Å². The molecule has 0 radical (unpaired) electrons. The average Bonchev–Trinajstić information content (AvgIpc) is 2.61. The first kappa shape index (κ1) is 19.0. The number of nitrogens with zero attached hydrogens (tertiary/aromatic N) is 3. The van der Waals surface area contributed by atoms with Crippen molar-refractivity contribution >= 4 is 11.9 Å². The molecule has 3 heterocycles. The van der Waals surface area contributed by atoms with E-state index < -0.39 is 5.60 Å². The van der Waals surface area contributed by atoms with E-state index >= 15 is 0 Å². The number of likely N-dealkylation sites (tertiary alicyclic amines) is 1. The smallest absolute Gasteiger partial charge is 0.410 e. The highest BCUT2D eigenvalue weighted by Crippen LogP contribution is 2.34. The predicted octanol–water partition coefficient (Wildman–Crippen LogP) is 4.84. The maximum absolute atomic E-state index is 12.7. The predicted molar refractivity (Wildman–Crippen MR) is 105 cm³/mol. The van der Waals surface area contributed by atoms with Gasteiger partial charge in [-0.2, -0.15) is 0 Å². The number of ether oxygens (including phenoxy) is 1. The number of amides is 1. The van der Waals surface area contributed by atoms with Gasteiger partial charge in [0.15, 0.2) is 0 Å². The number of hydrogen-bond acceptors (Lipinski definition) is 4. The van der Waals surface area contributed by atoms with Crippen LogP contribution in [0.4, 0.5) is 10.6 Å². The molecule has 0 bridgehead atoms. The van der Waals surface area contributed by atoms with Gasteiger partial charge in [0.25, 0.3) is 0 Å². The minimum atomic E-state index is -0.468. The molecule has 0 spiro atoms. The number of aryl methyl sites for hydroxylation is 1. The maximum atomic E-state index is 12.7. The Morgan fingerprint density at radius 1 is 1.08 bits per heavy atom. The molecule has 5 nitrogen and oxygen atoms in total. The van der Waals surface area contributed by atoms with Gasteiger partial charge in [-0.05, 0) is 77.8 Å². The van der Waals surface area contributed by atoms with Crippen molar-refractivity contribution < 1.29 is 9.53 Å². The van der Waals surface area contributed by atoms with Crippen LogP contribution in [0.2, 0.25) is 0 Å². The van der Waals surface area contributed by atoms with Gasteiger partial charge < -0.3 is 14.5 Å². The van der Waals surface area contributed by atoms with Crippen LogP contribution in [0.3, 0.4) is 0 Å². The van der Waals surface area contributed by atoms with Crippen LogP contribution in [0.1, 0.15) is 76.6 Å². The fraction of sp³-hybridized carbons (Fsp3) is 0.714. The number of carbonyl (C=O) groups excluding carboxylic acids is 1. The summed E-state index contributed by atoms with van der Waals surface area (Å²) in [4.78, 5) is 21.9. The minimum Gasteiger partial charge on any atom is -0.444 e. The van der Waals surface area contributed by atoms with Crippen LogP contribution >= 0.6 is 0 Å². The maximum Gasteiger partial charge on any atom is 0.410 e. The lowest BCUT2D eigenvalue weighted by molar-refractivity contribution is 0.00942. The fourth-order valence-corrected chi connectivity index (χ4v) is 4.00. The van der Waals surface area contributed by atoms with Gasteiger partial charge in [-0.25, -0.2) is 9.78 Å². The molecular formula is C21H33N3O2. The zero-order valence-electron chi connectivity index (χ0n) is 16.8. The van der Waals surface area contributed by atoms with Gasteiger partial charge in [-0.1, -0.05) is 6.07 Å². The first-order chi connectivity index (χ1) is 12.3. The Morgan fingerprint density at radius 3 is 2.42 bits per heavy atom. The molecule has 2 aliphatic heterocycles. The molecule has 2 aliphatic rings. The monoisotopic (exact) mass is 359 g/mol. The number of piperidine rings is 2. The molecule has 3 rings (SSSR count). The third-order valence-corrected chi connectivity index (χ3v) is 5.28. The summed E-state index contributed by atoms with van der Waals surface area (Å²) in [6.45, 7) is 10.8. The van der Waals surface area contributed by atoms with E-state index in [0.29, 0.717) is 0 Å². The van der Waals surface area contributed by atoms with Crippen molar-refractivity contribution in [2.75, 3.05) is 24.5 Å². The lowest BCUT2D eigenvalue weighted by Crippen LogP contribution is -2.42. The zero-order chi connectivity index (χ0) is 18.7. The summed E-state index contributed by atoms with van der Waals surface area (Å²) in [5, 5.41) is 0. The van der Waals surface area contributed by atoms with Crippen molar-refractivity contribution in [3.63, 3.8) is 0 Å². The summed E-state index contributed by atoms with van der Waals surface area (Å²) >= 11 is 0. The lowest BCUT2D eigenvalue weighted by Gasteiger charge is -2.37. The molecule has 0 saturated carbocycles. The Balaban J connectivity index is 1.79. The molecule has 2 fully saturated rings. The van der Waals surface area contributed by atoms with Crippen molar-refractivity contribution in [2.45, 2.75) is 77.9 Å². The molecule has 2 saturated heterocycles. The second-order valence-electron chi connectivity index (χ2n) is 8.58. The highest BCUT2D eigenvalue weighted by atomic mass is 16.6. The Bertz CT molecular complexity index is 633. The van der Waals surface area contributed by atoms with Crippen molar-refractivity contribution in [1.82, 2.24) is 9.88 Å². The van der Waals surface area contributed by atoms with Gasteiger partial charge in [0, 0.05) is 25.3 Å². The molecule has 0 N–H and O–H groups in total. The van der Waals surface area contributed by atoms with E-state index in [2.05, 4.69) is 24.0 Å². The summed E-state index contributed by atoms with van der Waals surface area (Å²) in [5.41, 5.74) is 1.73. The van der Waals surface area contributed by atoms with Gasteiger partial charge in [0.1, 0.15) is 11.4 Å². The quantitative estimate of drug-likeness (QED) is 0.758. The molecule has 144 valence electrons. The van der Waals surface area contributed by atoms with E-state index in [9.17, 15) is 4.79 Å². The number of aromatic nitrogens is 1. The van der Waals surface area contributed by atoms with Crippen LogP contribution in [0.5, 0.6) is 0 Å². The third-order valence-electron chi connectivity index (χ3n) is 5.28. The second-order valence-corrected chi connectivity index (χ2v) is 8.58. The van der Waals surface area contributed by atoms with E-state index in [-0.39, 0.29) is 12.1 Å². The SMILES string of the molecule is Cc1nc(N2CCCCC2)ccc1C1CCCCN1C(=O)OC(C)(C)C. The molecule has 1 aromatic heterocycles. The van der Waals surface area contributed by atoms with Crippen LogP contribution in [-0.4, -0.2) is 41.2 Å². The lowest BCUT2D eigenvalue weighted by atomic mass is 9.94. The van der Waals surface area contributed by atoms with Gasteiger partial charge in [0.05, 0.1) is 6.04 Å². The number of rotatable bonds is 2. The number of hydrogen-bond donors (Lipinski definition) is 0. The Kier molecular flexibility index (Phi) is 5.73. The highest BCUT2D eigenvalue weighted by Gasteiger charge is 2.32. The summed E-state index contributed by atoms with van der Waals surface area (Å²) in [7, 11) is 0. The normalized spacial score (nSPS) is 21.6. The molecule has 5 heteroatoms. The Hall–Kier alpha value is -1.78. The standard InChI is InChI=1S/C21H33N3O2/c1-16-17(11-12-19(22-16)23-13-7-5-8-14-23)18-10-6-9-15-24(18)20(25)26-21(2,3)4/h11-12,18H,5-10,13-15H2,1-4H3. The number of pyridine rings is 1. The van der Waals surface area contributed by atoms with Gasteiger partial charge in [-0.15, -0.1) is 0 Å².